The Balaban J connectivity index is 1.47. The number of hydrogen-bond acceptors (Lipinski definition) is 4. The molecule has 27 heavy (non-hydrogen) atoms. The van der Waals surface area contributed by atoms with Gasteiger partial charge in [0.05, 0.1) is 11.8 Å². The van der Waals surface area contributed by atoms with Crippen LogP contribution in [0.4, 0.5) is 0 Å². The molecule has 1 amide bonds. The topological polar surface area (TPSA) is 51.0 Å². The Morgan fingerprint density at radius 3 is 2.93 bits per heavy atom. The molecule has 0 saturated carbocycles. The molecule has 3 heterocycles. The standard InChI is InChI=1S/C21H28N4OS/c1-15-9-10-16(2)18(13-15)27-14-20(26)24-12-6-7-17(24)21-23-22-19-8-4-3-5-11-25(19)21/h9-10,13,17H,3-8,11-12,14H2,1-2H3. The average molecular weight is 385 g/mol. The summed E-state index contributed by atoms with van der Waals surface area (Å²) in [7, 11) is 0. The molecule has 0 spiro atoms. The molecular formula is C21H28N4OS. The molecule has 1 saturated heterocycles. The van der Waals surface area contributed by atoms with E-state index in [4.69, 9.17) is 0 Å². The summed E-state index contributed by atoms with van der Waals surface area (Å²) in [4.78, 5) is 16.3. The molecule has 6 heteroatoms. The van der Waals surface area contributed by atoms with Gasteiger partial charge in [-0.1, -0.05) is 24.1 Å². The normalized spacial score (nSPS) is 19.8. The van der Waals surface area contributed by atoms with E-state index in [0.29, 0.717) is 5.75 Å². The summed E-state index contributed by atoms with van der Waals surface area (Å²) in [5, 5.41) is 8.95. The second-order valence-corrected chi connectivity index (χ2v) is 8.76. The molecular weight excluding hydrogens is 356 g/mol. The molecule has 0 N–H and O–H groups in total. The van der Waals surface area contributed by atoms with Crippen molar-refractivity contribution in [2.75, 3.05) is 12.3 Å². The number of carbonyl (C=O) groups excluding carboxylic acids is 1. The second-order valence-electron chi connectivity index (χ2n) is 7.74. The number of fused-ring (bicyclic) bond motifs is 1. The summed E-state index contributed by atoms with van der Waals surface area (Å²) in [6, 6.07) is 6.52. The van der Waals surface area contributed by atoms with Crippen LogP contribution >= 0.6 is 11.8 Å². The molecule has 1 atom stereocenters. The van der Waals surface area contributed by atoms with Gasteiger partial charge in [0.15, 0.2) is 5.82 Å². The van der Waals surface area contributed by atoms with Gasteiger partial charge in [-0.2, -0.15) is 0 Å². The van der Waals surface area contributed by atoms with Gasteiger partial charge < -0.3 is 9.47 Å². The maximum atomic E-state index is 13.0. The van der Waals surface area contributed by atoms with Gasteiger partial charge in [0.2, 0.25) is 5.91 Å². The maximum Gasteiger partial charge on any atom is 0.233 e. The highest BCUT2D eigenvalue weighted by molar-refractivity contribution is 8.00. The van der Waals surface area contributed by atoms with E-state index >= 15 is 0 Å². The van der Waals surface area contributed by atoms with Crippen LogP contribution in [0.25, 0.3) is 0 Å². The third kappa shape index (κ3) is 3.91. The number of amides is 1. The number of aromatic nitrogens is 3. The van der Waals surface area contributed by atoms with Crippen molar-refractivity contribution in [2.24, 2.45) is 0 Å². The van der Waals surface area contributed by atoms with Crippen molar-refractivity contribution in [3.8, 4) is 0 Å². The van der Waals surface area contributed by atoms with E-state index in [1.807, 2.05) is 4.90 Å². The van der Waals surface area contributed by atoms with Gasteiger partial charge in [0.25, 0.3) is 0 Å². The van der Waals surface area contributed by atoms with Crippen LogP contribution in [0.5, 0.6) is 0 Å². The molecule has 1 aromatic carbocycles. The highest BCUT2D eigenvalue weighted by Crippen LogP contribution is 2.33. The summed E-state index contributed by atoms with van der Waals surface area (Å²) in [6.07, 6.45) is 6.68. The van der Waals surface area contributed by atoms with Crippen LogP contribution in [0.2, 0.25) is 0 Å². The van der Waals surface area contributed by atoms with Crippen molar-refractivity contribution in [2.45, 2.75) is 69.9 Å². The van der Waals surface area contributed by atoms with E-state index in [-0.39, 0.29) is 11.9 Å². The lowest BCUT2D eigenvalue weighted by molar-refractivity contribution is -0.129. The fraction of sp³-hybridized carbons (Fsp3) is 0.571. The monoisotopic (exact) mass is 384 g/mol. The lowest BCUT2D eigenvalue weighted by Crippen LogP contribution is -2.33. The molecule has 0 aliphatic carbocycles. The van der Waals surface area contributed by atoms with E-state index in [1.165, 1.54) is 35.3 Å². The van der Waals surface area contributed by atoms with Crippen LogP contribution < -0.4 is 0 Å². The first-order chi connectivity index (χ1) is 13.1. The number of benzene rings is 1. The molecule has 2 aromatic rings. The summed E-state index contributed by atoms with van der Waals surface area (Å²) in [6.45, 7) is 6.03. The van der Waals surface area contributed by atoms with Gasteiger partial charge in [-0.15, -0.1) is 22.0 Å². The number of carbonyl (C=O) groups is 1. The minimum atomic E-state index is 0.0936. The molecule has 0 radical (unpaired) electrons. The first-order valence-electron chi connectivity index (χ1n) is 10.0. The molecule has 144 valence electrons. The van der Waals surface area contributed by atoms with Crippen LogP contribution in [0, 0.1) is 13.8 Å². The predicted molar refractivity (Wildman–Crippen MR) is 108 cm³/mol. The lowest BCUT2D eigenvalue weighted by Gasteiger charge is -2.24. The number of thioether (sulfide) groups is 1. The molecule has 5 nitrogen and oxygen atoms in total. The quantitative estimate of drug-likeness (QED) is 0.746. The molecule has 2 aliphatic rings. The van der Waals surface area contributed by atoms with Gasteiger partial charge in [0.1, 0.15) is 5.82 Å². The number of rotatable bonds is 4. The number of likely N-dealkylation sites (tertiary alicyclic amines) is 1. The maximum absolute atomic E-state index is 13.0. The fourth-order valence-corrected chi connectivity index (χ4v) is 5.18. The minimum absolute atomic E-state index is 0.0936. The number of nitrogens with zero attached hydrogens (tertiary/aromatic N) is 4. The zero-order valence-corrected chi connectivity index (χ0v) is 17.1. The van der Waals surface area contributed by atoms with E-state index in [9.17, 15) is 4.79 Å². The molecule has 1 fully saturated rings. The molecule has 1 unspecified atom stereocenters. The summed E-state index contributed by atoms with van der Waals surface area (Å²) in [5.41, 5.74) is 2.47. The van der Waals surface area contributed by atoms with Crippen LogP contribution in [-0.4, -0.2) is 37.9 Å². The Morgan fingerprint density at radius 1 is 1.15 bits per heavy atom. The predicted octanol–water partition coefficient (Wildman–Crippen LogP) is 4.08. The Hall–Kier alpha value is -1.82. The summed E-state index contributed by atoms with van der Waals surface area (Å²) in [5.74, 6) is 2.82. The van der Waals surface area contributed by atoms with Crippen LogP contribution in [0.1, 0.15) is 60.9 Å². The zero-order valence-electron chi connectivity index (χ0n) is 16.3. The van der Waals surface area contributed by atoms with Gasteiger partial charge in [-0.3, -0.25) is 4.79 Å². The Morgan fingerprint density at radius 2 is 2.04 bits per heavy atom. The SMILES string of the molecule is Cc1ccc(C)c(SCC(=O)N2CCCC2c2nnc3n2CCCCC3)c1. The Labute approximate surface area is 165 Å². The highest BCUT2D eigenvalue weighted by atomic mass is 32.2. The van der Waals surface area contributed by atoms with Crippen molar-refractivity contribution in [1.82, 2.24) is 19.7 Å². The minimum Gasteiger partial charge on any atom is -0.332 e. The van der Waals surface area contributed by atoms with Gasteiger partial charge in [-0.05, 0) is 51.2 Å². The van der Waals surface area contributed by atoms with Crippen molar-refractivity contribution >= 4 is 17.7 Å². The van der Waals surface area contributed by atoms with E-state index < -0.39 is 0 Å². The molecule has 2 aliphatic heterocycles. The Kier molecular flexibility index (Phi) is 5.53. The van der Waals surface area contributed by atoms with E-state index in [1.54, 1.807) is 11.8 Å². The molecule has 1 aromatic heterocycles. The van der Waals surface area contributed by atoms with Crippen molar-refractivity contribution in [3.63, 3.8) is 0 Å². The first-order valence-corrected chi connectivity index (χ1v) is 11.0. The lowest BCUT2D eigenvalue weighted by atomic mass is 10.2. The van der Waals surface area contributed by atoms with Crippen LogP contribution in [0.15, 0.2) is 23.1 Å². The summed E-state index contributed by atoms with van der Waals surface area (Å²) >= 11 is 1.65. The van der Waals surface area contributed by atoms with Gasteiger partial charge in [0, 0.05) is 24.4 Å². The zero-order chi connectivity index (χ0) is 18.8. The second kappa shape index (κ2) is 8.05. The average Bonchev–Trinajstić information content (AvgIpc) is 3.23. The third-order valence-electron chi connectivity index (χ3n) is 5.70. The largest absolute Gasteiger partial charge is 0.332 e. The molecule has 4 rings (SSSR count). The number of hydrogen-bond donors (Lipinski definition) is 0. The highest BCUT2D eigenvalue weighted by Gasteiger charge is 2.34. The van der Waals surface area contributed by atoms with Crippen molar-refractivity contribution in [3.05, 3.63) is 41.0 Å². The van der Waals surface area contributed by atoms with Crippen LogP contribution in [0.3, 0.4) is 0 Å². The van der Waals surface area contributed by atoms with Gasteiger partial charge in [-0.25, -0.2) is 0 Å². The first kappa shape index (κ1) is 18.5. The molecule has 0 bridgehead atoms. The third-order valence-corrected chi connectivity index (χ3v) is 6.85. The number of aryl methyl sites for hydroxylation is 3. The van der Waals surface area contributed by atoms with Crippen LogP contribution in [-0.2, 0) is 17.8 Å². The summed E-state index contributed by atoms with van der Waals surface area (Å²) < 4.78 is 2.29. The Bertz CT molecular complexity index is 832. The van der Waals surface area contributed by atoms with Crippen molar-refractivity contribution < 1.29 is 4.79 Å². The smallest absolute Gasteiger partial charge is 0.233 e. The van der Waals surface area contributed by atoms with Crippen molar-refractivity contribution in [1.29, 1.82) is 0 Å². The van der Waals surface area contributed by atoms with E-state index in [2.05, 4.69) is 46.8 Å². The van der Waals surface area contributed by atoms with E-state index in [0.717, 1.165) is 44.0 Å². The van der Waals surface area contributed by atoms with Gasteiger partial charge >= 0.3 is 0 Å². The fourth-order valence-electron chi connectivity index (χ4n) is 4.17.